The Morgan fingerprint density at radius 3 is 2.53 bits per heavy atom. The molecule has 0 amide bonds. The fourth-order valence-electron chi connectivity index (χ4n) is 1.45. The fraction of sp³-hybridized carbons (Fsp3) is 0.333. The van der Waals surface area contributed by atoms with Crippen molar-refractivity contribution in [3.05, 3.63) is 36.4 Å². The van der Waals surface area contributed by atoms with Crippen LogP contribution in [0, 0.1) is 0 Å². The Labute approximate surface area is 90.1 Å². The summed E-state index contributed by atoms with van der Waals surface area (Å²) < 4.78 is 0. The largest absolute Gasteiger partial charge is 0.508 e. The van der Waals surface area contributed by atoms with Crippen LogP contribution in [0.15, 0.2) is 30.9 Å². The van der Waals surface area contributed by atoms with Gasteiger partial charge in [-0.25, -0.2) is 0 Å². The Hall–Kier alpha value is -1.48. The molecule has 0 aromatic heterocycles. The normalized spacial score (nSPS) is 14.5. The average molecular weight is 207 g/mol. The highest BCUT2D eigenvalue weighted by Crippen LogP contribution is 2.27. The summed E-state index contributed by atoms with van der Waals surface area (Å²) >= 11 is 0. The van der Waals surface area contributed by atoms with Gasteiger partial charge in [0.25, 0.3) is 0 Å². The average Bonchev–Trinajstić information content (AvgIpc) is 2.17. The molecular weight excluding hydrogens is 190 g/mol. The van der Waals surface area contributed by atoms with E-state index in [2.05, 4.69) is 11.9 Å². The lowest BCUT2D eigenvalue weighted by Crippen LogP contribution is -2.26. The van der Waals surface area contributed by atoms with Gasteiger partial charge in [0.2, 0.25) is 0 Å². The van der Waals surface area contributed by atoms with Crippen molar-refractivity contribution in [3.8, 4) is 11.5 Å². The predicted octanol–water partition coefficient (Wildman–Crippen LogP) is 2.32. The summed E-state index contributed by atoms with van der Waals surface area (Å²) in [4.78, 5) is 0. The summed E-state index contributed by atoms with van der Waals surface area (Å²) in [5, 5.41) is 22.0. The number of nitrogens with one attached hydrogen (secondary N) is 1. The Morgan fingerprint density at radius 1 is 1.33 bits per heavy atom. The van der Waals surface area contributed by atoms with Crippen molar-refractivity contribution in [2.45, 2.75) is 25.9 Å². The molecule has 0 radical (unpaired) electrons. The number of benzene rings is 1. The molecule has 0 saturated carbocycles. The molecule has 0 aliphatic heterocycles. The molecule has 0 heterocycles. The number of phenolic OH excluding ortho intramolecular Hbond substituents is 2. The minimum atomic E-state index is 0.0126. The van der Waals surface area contributed by atoms with Gasteiger partial charge in [-0.05, 0) is 19.9 Å². The van der Waals surface area contributed by atoms with Gasteiger partial charge in [0, 0.05) is 23.7 Å². The van der Waals surface area contributed by atoms with Crippen molar-refractivity contribution in [1.82, 2.24) is 5.32 Å². The highest BCUT2D eigenvalue weighted by molar-refractivity contribution is 5.40. The van der Waals surface area contributed by atoms with Crippen LogP contribution in [0.3, 0.4) is 0 Å². The molecule has 1 aromatic carbocycles. The van der Waals surface area contributed by atoms with Gasteiger partial charge in [0.05, 0.1) is 0 Å². The van der Waals surface area contributed by atoms with E-state index in [1.54, 1.807) is 18.2 Å². The van der Waals surface area contributed by atoms with E-state index in [1.807, 2.05) is 13.8 Å². The molecule has 3 N–H and O–H groups in total. The molecule has 2 unspecified atom stereocenters. The summed E-state index contributed by atoms with van der Waals surface area (Å²) in [6.45, 7) is 7.62. The van der Waals surface area contributed by atoms with E-state index in [0.29, 0.717) is 0 Å². The summed E-state index contributed by atoms with van der Waals surface area (Å²) in [5.74, 6) is 0.173. The van der Waals surface area contributed by atoms with Gasteiger partial charge in [-0.2, -0.15) is 0 Å². The Kier molecular flexibility index (Phi) is 3.74. The molecule has 0 fully saturated rings. The van der Waals surface area contributed by atoms with Gasteiger partial charge in [0.1, 0.15) is 11.5 Å². The van der Waals surface area contributed by atoms with E-state index in [4.69, 9.17) is 5.11 Å². The monoisotopic (exact) mass is 207 g/mol. The molecule has 0 aliphatic rings. The minimum absolute atomic E-state index is 0.0126. The lowest BCUT2D eigenvalue weighted by Gasteiger charge is -2.18. The number of phenols is 2. The van der Waals surface area contributed by atoms with Crippen molar-refractivity contribution in [2.24, 2.45) is 0 Å². The van der Waals surface area contributed by atoms with E-state index < -0.39 is 0 Å². The number of aromatic hydroxyl groups is 2. The standard InChI is InChI=1S/C12H17NO2/c1-4-8(2)13-9(3)11-6-5-10(14)7-12(11)15/h4-9,13-15H,1H2,2-3H3. The van der Waals surface area contributed by atoms with Gasteiger partial charge < -0.3 is 15.5 Å². The van der Waals surface area contributed by atoms with Gasteiger partial charge in [-0.1, -0.05) is 12.1 Å². The Bertz CT molecular complexity index is 349. The summed E-state index contributed by atoms with van der Waals surface area (Å²) in [7, 11) is 0. The van der Waals surface area contributed by atoms with E-state index in [0.717, 1.165) is 5.56 Å². The molecule has 0 aliphatic carbocycles. The lowest BCUT2D eigenvalue weighted by atomic mass is 10.1. The molecule has 3 nitrogen and oxygen atoms in total. The first-order valence-corrected chi connectivity index (χ1v) is 4.95. The molecule has 1 rings (SSSR count). The van der Waals surface area contributed by atoms with Crippen molar-refractivity contribution in [1.29, 1.82) is 0 Å². The number of hydrogen-bond acceptors (Lipinski definition) is 3. The Balaban J connectivity index is 2.81. The second-order valence-electron chi connectivity index (χ2n) is 3.66. The lowest BCUT2D eigenvalue weighted by molar-refractivity contribution is 0.433. The molecule has 0 spiro atoms. The fourth-order valence-corrected chi connectivity index (χ4v) is 1.45. The van der Waals surface area contributed by atoms with E-state index in [-0.39, 0.29) is 23.6 Å². The predicted molar refractivity (Wildman–Crippen MR) is 61.0 cm³/mol. The van der Waals surface area contributed by atoms with Crippen LogP contribution in [0.1, 0.15) is 25.5 Å². The third-order valence-electron chi connectivity index (χ3n) is 2.35. The molecule has 0 saturated heterocycles. The molecule has 82 valence electrons. The molecule has 3 heteroatoms. The second-order valence-corrected chi connectivity index (χ2v) is 3.66. The molecule has 2 atom stereocenters. The third-order valence-corrected chi connectivity index (χ3v) is 2.35. The highest BCUT2D eigenvalue weighted by atomic mass is 16.3. The van der Waals surface area contributed by atoms with Crippen LogP contribution in [0.25, 0.3) is 0 Å². The highest BCUT2D eigenvalue weighted by Gasteiger charge is 2.11. The molecule has 15 heavy (non-hydrogen) atoms. The van der Waals surface area contributed by atoms with Crippen molar-refractivity contribution in [3.63, 3.8) is 0 Å². The zero-order valence-corrected chi connectivity index (χ0v) is 9.07. The van der Waals surface area contributed by atoms with Crippen LogP contribution < -0.4 is 5.32 Å². The van der Waals surface area contributed by atoms with Crippen LogP contribution >= 0.6 is 0 Å². The van der Waals surface area contributed by atoms with Gasteiger partial charge >= 0.3 is 0 Å². The molecular formula is C12H17NO2. The third kappa shape index (κ3) is 2.99. The number of hydrogen-bond donors (Lipinski definition) is 3. The zero-order chi connectivity index (χ0) is 11.4. The van der Waals surface area contributed by atoms with Crippen molar-refractivity contribution < 1.29 is 10.2 Å². The SMILES string of the molecule is C=CC(C)NC(C)c1ccc(O)cc1O. The second kappa shape index (κ2) is 4.84. The summed E-state index contributed by atoms with van der Waals surface area (Å²) in [5.41, 5.74) is 0.765. The molecule has 1 aromatic rings. The van der Waals surface area contributed by atoms with Crippen LogP contribution in [-0.2, 0) is 0 Å². The first-order valence-electron chi connectivity index (χ1n) is 4.95. The molecule has 0 bridgehead atoms. The van der Waals surface area contributed by atoms with Gasteiger partial charge in [-0.3, -0.25) is 0 Å². The maximum absolute atomic E-state index is 9.62. The first kappa shape index (κ1) is 11.6. The van der Waals surface area contributed by atoms with Gasteiger partial charge in [-0.15, -0.1) is 6.58 Å². The minimum Gasteiger partial charge on any atom is -0.508 e. The van der Waals surface area contributed by atoms with E-state index in [9.17, 15) is 5.11 Å². The van der Waals surface area contributed by atoms with Crippen LogP contribution in [0.2, 0.25) is 0 Å². The van der Waals surface area contributed by atoms with Crippen molar-refractivity contribution in [2.75, 3.05) is 0 Å². The number of rotatable bonds is 4. The maximum Gasteiger partial charge on any atom is 0.124 e. The van der Waals surface area contributed by atoms with Crippen LogP contribution in [0.4, 0.5) is 0 Å². The van der Waals surface area contributed by atoms with Crippen LogP contribution in [-0.4, -0.2) is 16.3 Å². The summed E-state index contributed by atoms with van der Waals surface area (Å²) in [6.07, 6.45) is 1.80. The topological polar surface area (TPSA) is 52.5 Å². The Morgan fingerprint density at radius 2 is 2.00 bits per heavy atom. The van der Waals surface area contributed by atoms with Crippen LogP contribution in [0.5, 0.6) is 11.5 Å². The zero-order valence-electron chi connectivity index (χ0n) is 9.07. The maximum atomic E-state index is 9.62. The first-order chi connectivity index (χ1) is 7.04. The van der Waals surface area contributed by atoms with E-state index >= 15 is 0 Å². The smallest absolute Gasteiger partial charge is 0.124 e. The quantitative estimate of drug-likeness (QED) is 0.664. The van der Waals surface area contributed by atoms with Crippen molar-refractivity contribution >= 4 is 0 Å². The van der Waals surface area contributed by atoms with E-state index in [1.165, 1.54) is 6.07 Å². The summed E-state index contributed by atoms with van der Waals surface area (Å²) in [6, 6.07) is 4.79. The van der Waals surface area contributed by atoms with Gasteiger partial charge in [0.15, 0.2) is 0 Å².